The summed E-state index contributed by atoms with van der Waals surface area (Å²) in [6.45, 7) is 5.09. The first-order valence-electron chi connectivity index (χ1n) is 12.6. The van der Waals surface area contributed by atoms with Crippen LogP contribution in [0.15, 0.2) is 12.1 Å². The van der Waals surface area contributed by atoms with Crippen LogP contribution < -0.4 is 10.2 Å². The van der Waals surface area contributed by atoms with Gasteiger partial charge in [0.25, 0.3) is 0 Å². The lowest BCUT2D eigenvalue weighted by molar-refractivity contribution is -0.144. The lowest BCUT2D eigenvalue weighted by atomic mass is 10.1. The van der Waals surface area contributed by atoms with Gasteiger partial charge in [-0.1, -0.05) is 6.92 Å². The monoisotopic (exact) mass is 632 g/mol. The minimum absolute atomic E-state index is 0.218. The number of nitrogens with zero attached hydrogens (tertiary/aromatic N) is 7. The van der Waals surface area contributed by atoms with Crippen LogP contribution in [-0.4, -0.2) is 92.6 Å². The molecular formula is C23H34F6N8O6. The number of alkyl halides is 6. The molecule has 0 saturated carbocycles. The molecule has 1 aliphatic rings. The van der Waals surface area contributed by atoms with Crippen LogP contribution in [0.25, 0.3) is 0 Å². The summed E-state index contributed by atoms with van der Waals surface area (Å²) in [4.78, 5) is 34.7. The van der Waals surface area contributed by atoms with Gasteiger partial charge in [0.1, 0.15) is 17.4 Å². The quantitative estimate of drug-likeness (QED) is 0.333. The third kappa shape index (κ3) is 7.86. The molecule has 1 fully saturated rings. The van der Waals surface area contributed by atoms with Crippen molar-refractivity contribution < 1.29 is 55.5 Å². The first-order chi connectivity index (χ1) is 19.8. The maximum Gasteiger partial charge on any atom is 0.433 e. The minimum Gasteiger partial charge on any atom is -0.379 e. The molecule has 2 N–H and O–H groups in total. The standard InChI is InChI=1S/C13H21F3N4O3.C10H13F3N4O3/c1-6-9(22-4)8(2)20(23-5)12(21)17-11-7-10(13(14,15)16)19(3)18-11;1-5-8(18)16(9(19)17(5)20-3)7-4-6(10(11,12)13)15(2)14-7/h7-9H,6H2,1-5H3,(H,17,18,21);4-5,8,18H,1-3H3. The highest BCUT2D eigenvalue weighted by Crippen LogP contribution is 2.34. The highest BCUT2D eigenvalue weighted by atomic mass is 19.4. The Morgan fingerprint density at radius 1 is 1.07 bits per heavy atom. The normalized spacial score (nSPS) is 18.8. The third-order valence-electron chi connectivity index (χ3n) is 6.48. The fraction of sp³-hybridized carbons (Fsp3) is 0.652. The van der Waals surface area contributed by atoms with Gasteiger partial charge in [0, 0.05) is 33.3 Å². The summed E-state index contributed by atoms with van der Waals surface area (Å²) < 4.78 is 82.8. The zero-order chi connectivity index (χ0) is 33.0. The van der Waals surface area contributed by atoms with E-state index in [0.29, 0.717) is 21.9 Å². The molecule has 0 aromatic carbocycles. The van der Waals surface area contributed by atoms with E-state index in [0.717, 1.165) is 35.2 Å². The maximum absolute atomic E-state index is 12.7. The Hall–Kier alpha value is -3.62. The Kier molecular flexibility index (Phi) is 11.4. The van der Waals surface area contributed by atoms with Crippen LogP contribution in [0, 0.1) is 0 Å². The second-order valence-electron chi connectivity index (χ2n) is 9.22. The van der Waals surface area contributed by atoms with E-state index in [-0.39, 0.29) is 17.7 Å². The molecule has 0 bridgehead atoms. The Bertz CT molecular complexity index is 1250. The Labute approximate surface area is 242 Å². The van der Waals surface area contributed by atoms with Crippen LogP contribution in [0.1, 0.15) is 38.6 Å². The number of halogens is 6. The predicted molar refractivity (Wildman–Crippen MR) is 137 cm³/mol. The number of aliphatic hydroxyl groups is 1. The number of ether oxygens (including phenoxy) is 1. The van der Waals surface area contributed by atoms with Crippen molar-refractivity contribution in [2.45, 2.75) is 64.0 Å². The molecule has 4 unspecified atom stereocenters. The molecule has 4 amide bonds. The molecule has 43 heavy (non-hydrogen) atoms. The number of hydroxylamine groups is 4. The van der Waals surface area contributed by atoms with Gasteiger partial charge in [-0.3, -0.25) is 24.4 Å². The van der Waals surface area contributed by atoms with Gasteiger partial charge in [-0.15, -0.1) is 0 Å². The number of nitrogens with one attached hydrogen (secondary N) is 1. The van der Waals surface area contributed by atoms with Gasteiger partial charge in [0.05, 0.1) is 26.4 Å². The number of anilines is 2. The number of rotatable bonds is 8. The van der Waals surface area contributed by atoms with Crippen molar-refractivity contribution in [1.82, 2.24) is 29.7 Å². The second-order valence-corrected chi connectivity index (χ2v) is 9.22. The molecule has 3 rings (SSSR count). The molecular weight excluding hydrogens is 598 g/mol. The van der Waals surface area contributed by atoms with Crippen LogP contribution >= 0.6 is 0 Å². The molecule has 2 aromatic rings. The molecule has 244 valence electrons. The highest BCUT2D eigenvalue weighted by molar-refractivity contribution is 5.93. The number of hydrogen-bond donors (Lipinski definition) is 2. The van der Waals surface area contributed by atoms with Crippen molar-refractivity contribution in [2.24, 2.45) is 14.1 Å². The molecule has 0 aliphatic carbocycles. The predicted octanol–water partition coefficient (Wildman–Crippen LogP) is 3.60. The number of aliphatic hydroxyl groups excluding tert-OH is 1. The van der Waals surface area contributed by atoms with Crippen molar-refractivity contribution >= 4 is 23.7 Å². The van der Waals surface area contributed by atoms with E-state index in [9.17, 15) is 41.0 Å². The zero-order valence-corrected chi connectivity index (χ0v) is 24.6. The van der Waals surface area contributed by atoms with Crippen molar-refractivity contribution in [1.29, 1.82) is 0 Å². The van der Waals surface area contributed by atoms with Gasteiger partial charge >= 0.3 is 24.4 Å². The molecule has 14 nitrogen and oxygen atoms in total. The van der Waals surface area contributed by atoms with Gasteiger partial charge in [-0.05, 0) is 20.3 Å². The van der Waals surface area contributed by atoms with E-state index in [2.05, 4.69) is 15.5 Å². The summed E-state index contributed by atoms with van der Waals surface area (Å²) in [5.41, 5.74) is -1.98. The van der Waals surface area contributed by atoms with E-state index in [1.54, 1.807) is 6.92 Å². The van der Waals surface area contributed by atoms with Crippen molar-refractivity contribution in [2.75, 3.05) is 31.5 Å². The summed E-state index contributed by atoms with van der Waals surface area (Å²) in [6.07, 6.45) is -10.1. The number of carbonyl (C=O) groups is 2. The van der Waals surface area contributed by atoms with Crippen molar-refractivity contribution in [3.8, 4) is 0 Å². The molecule has 1 saturated heterocycles. The Balaban J connectivity index is 0.000000303. The topological polar surface area (TPSA) is 139 Å². The lowest BCUT2D eigenvalue weighted by Crippen LogP contribution is -2.47. The van der Waals surface area contributed by atoms with Crippen LogP contribution in [0.2, 0.25) is 0 Å². The molecule has 1 aliphatic heterocycles. The fourth-order valence-electron chi connectivity index (χ4n) is 4.29. The van der Waals surface area contributed by atoms with Crippen LogP contribution in [0.4, 0.5) is 47.6 Å². The number of aryl methyl sites for hydroxylation is 2. The van der Waals surface area contributed by atoms with Gasteiger partial charge in [0.2, 0.25) is 0 Å². The van der Waals surface area contributed by atoms with E-state index in [1.807, 2.05) is 6.92 Å². The molecule has 3 heterocycles. The van der Waals surface area contributed by atoms with E-state index in [4.69, 9.17) is 14.4 Å². The molecule has 0 spiro atoms. The average molecular weight is 633 g/mol. The molecule has 2 aromatic heterocycles. The van der Waals surface area contributed by atoms with Crippen LogP contribution in [0.3, 0.4) is 0 Å². The van der Waals surface area contributed by atoms with E-state index >= 15 is 0 Å². The number of aromatic nitrogens is 4. The summed E-state index contributed by atoms with van der Waals surface area (Å²) in [5.74, 6) is -0.506. The SMILES string of the molecule is CCC(OC)C(C)N(OC)C(=O)Nc1cc(C(F)(F)F)n(C)n1.CON1C(=O)N(c2cc(C(F)(F)F)n(C)n2)C(O)C1C. The summed E-state index contributed by atoms with van der Waals surface area (Å²) >= 11 is 0. The van der Waals surface area contributed by atoms with E-state index < -0.39 is 54.1 Å². The van der Waals surface area contributed by atoms with Crippen LogP contribution in [-0.2, 0) is 40.9 Å². The summed E-state index contributed by atoms with van der Waals surface area (Å²) in [5, 5.41) is 21.3. The van der Waals surface area contributed by atoms with Crippen LogP contribution in [0.5, 0.6) is 0 Å². The number of carbonyl (C=O) groups excluding carboxylic acids is 2. The van der Waals surface area contributed by atoms with Crippen molar-refractivity contribution in [3.05, 3.63) is 23.5 Å². The summed E-state index contributed by atoms with van der Waals surface area (Å²) in [7, 11) is 6.27. The highest BCUT2D eigenvalue weighted by Gasteiger charge is 2.46. The third-order valence-corrected chi connectivity index (χ3v) is 6.48. The minimum atomic E-state index is -4.60. The Morgan fingerprint density at radius 3 is 2.00 bits per heavy atom. The van der Waals surface area contributed by atoms with Gasteiger partial charge in [0.15, 0.2) is 17.9 Å². The Morgan fingerprint density at radius 2 is 1.60 bits per heavy atom. The first-order valence-corrected chi connectivity index (χ1v) is 12.6. The van der Waals surface area contributed by atoms with Crippen molar-refractivity contribution in [3.63, 3.8) is 0 Å². The first kappa shape index (κ1) is 35.6. The van der Waals surface area contributed by atoms with Gasteiger partial charge in [-0.25, -0.2) is 14.5 Å². The summed E-state index contributed by atoms with van der Waals surface area (Å²) in [6, 6.07) is -1.23. The van der Waals surface area contributed by atoms with E-state index in [1.165, 1.54) is 28.3 Å². The second kappa shape index (κ2) is 13.8. The molecule has 4 atom stereocenters. The molecule has 20 heteroatoms. The van der Waals surface area contributed by atoms with Gasteiger partial charge < -0.3 is 9.84 Å². The average Bonchev–Trinajstić information content (AvgIpc) is 3.53. The number of hydrogen-bond acceptors (Lipinski definition) is 8. The number of amides is 4. The largest absolute Gasteiger partial charge is 0.433 e. The fourth-order valence-corrected chi connectivity index (χ4v) is 4.29. The maximum atomic E-state index is 12.7. The molecule has 0 radical (unpaired) electrons. The number of urea groups is 2. The zero-order valence-electron chi connectivity index (χ0n) is 24.6. The van der Waals surface area contributed by atoms with Gasteiger partial charge in [-0.2, -0.15) is 46.7 Å². The smallest absolute Gasteiger partial charge is 0.379 e. The number of methoxy groups -OCH3 is 1. The lowest BCUT2D eigenvalue weighted by Gasteiger charge is -2.31.